The van der Waals surface area contributed by atoms with Gasteiger partial charge in [-0.25, -0.2) is 4.98 Å². The third-order valence-electron chi connectivity index (χ3n) is 2.41. The van der Waals surface area contributed by atoms with E-state index in [1.165, 1.54) is 0 Å². The predicted molar refractivity (Wildman–Crippen MR) is 76.4 cm³/mol. The van der Waals surface area contributed by atoms with Crippen LogP contribution in [0.3, 0.4) is 0 Å². The summed E-state index contributed by atoms with van der Waals surface area (Å²) >= 11 is 0. The molecule has 0 radical (unpaired) electrons. The highest BCUT2D eigenvalue weighted by molar-refractivity contribution is 5.81. The Labute approximate surface area is 114 Å². The summed E-state index contributed by atoms with van der Waals surface area (Å²) in [5.74, 6) is 0.506. The summed E-state index contributed by atoms with van der Waals surface area (Å²) in [5, 5.41) is 5.90. The highest BCUT2D eigenvalue weighted by Crippen LogP contribution is 2.21. The van der Waals surface area contributed by atoms with Gasteiger partial charge < -0.3 is 15.4 Å². The van der Waals surface area contributed by atoms with E-state index in [-0.39, 0.29) is 18.6 Å². The standard InChI is InChI=1S/C14H23N3O2/c1-4-5-8-15-13(18)10-17-12-7-6-9-16-14(12)19-11(2)3/h6-7,9,11,17H,4-5,8,10H2,1-3H3,(H,15,18). The van der Waals surface area contributed by atoms with Gasteiger partial charge >= 0.3 is 0 Å². The van der Waals surface area contributed by atoms with Crippen LogP contribution in [0.25, 0.3) is 0 Å². The minimum Gasteiger partial charge on any atom is -0.473 e. The third kappa shape index (κ3) is 6.08. The number of nitrogens with zero attached hydrogens (tertiary/aromatic N) is 1. The largest absolute Gasteiger partial charge is 0.473 e. The molecule has 0 atom stereocenters. The molecule has 5 nitrogen and oxygen atoms in total. The van der Waals surface area contributed by atoms with Crippen LogP contribution >= 0.6 is 0 Å². The molecule has 0 aromatic carbocycles. The fraction of sp³-hybridized carbons (Fsp3) is 0.571. The maximum atomic E-state index is 11.6. The van der Waals surface area contributed by atoms with Crippen LogP contribution in [0.2, 0.25) is 0 Å². The first-order valence-electron chi connectivity index (χ1n) is 6.75. The van der Waals surface area contributed by atoms with Gasteiger partial charge in [-0.3, -0.25) is 4.79 Å². The van der Waals surface area contributed by atoms with Crippen molar-refractivity contribution in [3.63, 3.8) is 0 Å². The zero-order valence-electron chi connectivity index (χ0n) is 11.9. The Hall–Kier alpha value is -1.78. The zero-order chi connectivity index (χ0) is 14.1. The second kappa shape index (κ2) is 8.34. The van der Waals surface area contributed by atoms with Crippen LogP contribution in [0.15, 0.2) is 18.3 Å². The molecule has 1 aromatic heterocycles. The summed E-state index contributed by atoms with van der Waals surface area (Å²) in [6.07, 6.45) is 3.79. The average molecular weight is 265 g/mol. The van der Waals surface area contributed by atoms with Crippen molar-refractivity contribution in [3.05, 3.63) is 18.3 Å². The summed E-state index contributed by atoms with van der Waals surface area (Å²) in [6, 6.07) is 3.66. The predicted octanol–water partition coefficient (Wildman–Crippen LogP) is 2.20. The van der Waals surface area contributed by atoms with Crippen molar-refractivity contribution >= 4 is 11.6 Å². The fourth-order valence-corrected chi connectivity index (χ4v) is 1.49. The molecule has 0 saturated heterocycles. The average Bonchev–Trinajstić information content (AvgIpc) is 2.37. The van der Waals surface area contributed by atoms with Crippen LogP contribution in [0.5, 0.6) is 5.88 Å². The van der Waals surface area contributed by atoms with E-state index >= 15 is 0 Å². The molecule has 5 heteroatoms. The van der Waals surface area contributed by atoms with Crippen molar-refractivity contribution < 1.29 is 9.53 Å². The van der Waals surface area contributed by atoms with E-state index in [4.69, 9.17) is 4.74 Å². The molecule has 0 saturated carbocycles. The molecule has 1 aromatic rings. The molecular formula is C14H23N3O2. The molecule has 0 aliphatic rings. The number of aromatic nitrogens is 1. The Balaban J connectivity index is 2.46. The molecule has 0 spiro atoms. The van der Waals surface area contributed by atoms with Gasteiger partial charge in [0.2, 0.25) is 11.8 Å². The van der Waals surface area contributed by atoms with Gasteiger partial charge in [0, 0.05) is 12.7 Å². The molecule has 2 N–H and O–H groups in total. The number of pyridine rings is 1. The van der Waals surface area contributed by atoms with Crippen LogP contribution in [0, 0.1) is 0 Å². The van der Waals surface area contributed by atoms with E-state index in [1.54, 1.807) is 6.20 Å². The molecule has 1 amide bonds. The third-order valence-corrected chi connectivity index (χ3v) is 2.41. The van der Waals surface area contributed by atoms with Gasteiger partial charge in [0.15, 0.2) is 0 Å². The number of carbonyl (C=O) groups is 1. The lowest BCUT2D eigenvalue weighted by Crippen LogP contribution is -2.30. The smallest absolute Gasteiger partial charge is 0.239 e. The number of unbranched alkanes of at least 4 members (excludes halogenated alkanes) is 1. The maximum Gasteiger partial charge on any atom is 0.239 e. The highest BCUT2D eigenvalue weighted by atomic mass is 16.5. The van der Waals surface area contributed by atoms with Crippen molar-refractivity contribution in [2.45, 2.75) is 39.7 Å². The number of amides is 1. The van der Waals surface area contributed by atoms with E-state index in [0.29, 0.717) is 5.88 Å². The topological polar surface area (TPSA) is 63.2 Å². The number of rotatable bonds is 8. The summed E-state index contributed by atoms with van der Waals surface area (Å²) in [5.41, 5.74) is 0.738. The van der Waals surface area contributed by atoms with Gasteiger partial charge in [-0.05, 0) is 32.4 Å². The molecule has 1 heterocycles. The number of ether oxygens (including phenoxy) is 1. The molecule has 106 valence electrons. The van der Waals surface area contributed by atoms with Crippen molar-refractivity contribution in [1.82, 2.24) is 10.3 Å². The van der Waals surface area contributed by atoms with Crippen molar-refractivity contribution in [3.8, 4) is 5.88 Å². The summed E-state index contributed by atoms with van der Waals surface area (Å²) < 4.78 is 5.57. The minimum absolute atomic E-state index is 0.0206. The van der Waals surface area contributed by atoms with Crippen LogP contribution in [-0.4, -0.2) is 30.1 Å². The summed E-state index contributed by atoms with van der Waals surface area (Å²) in [4.78, 5) is 15.7. The molecule has 19 heavy (non-hydrogen) atoms. The number of hydrogen-bond acceptors (Lipinski definition) is 4. The van der Waals surface area contributed by atoms with Crippen LogP contribution in [0.1, 0.15) is 33.6 Å². The van der Waals surface area contributed by atoms with Gasteiger partial charge in [-0.15, -0.1) is 0 Å². The Kier molecular flexibility index (Phi) is 6.71. The molecule has 1 rings (SSSR count). The van der Waals surface area contributed by atoms with Crippen molar-refractivity contribution in [2.75, 3.05) is 18.4 Å². The first kappa shape index (κ1) is 15.3. The molecular weight excluding hydrogens is 242 g/mol. The van der Waals surface area contributed by atoms with Gasteiger partial charge in [-0.2, -0.15) is 0 Å². The van der Waals surface area contributed by atoms with E-state index in [1.807, 2.05) is 26.0 Å². The van der Waals surface area contributed by atoms with E-state index in [2.05, 4.69) is 22.5 Å². The fourth-order valence-electron chi connectivity index (χ4n) is 1.49. The lowest BCUT2D eigenvalue weighted by Gasteiger charge is -2.14. The lowest BCUT2D eigenvalue weighted by atomic mass is 10.3. The lowest BCUT2D eigenvalue weighted by molar-refractivity contribution is -0.119. The first-order chi connectivity index (χ1) is 9.13. The molecule has 0 bridgehead atoms. The van der Waals surface area contributed by atoms with Gasteiger partial charge in [0.05, 0.1) is 18.3 Å². The Bertz CT molecular complexity index is 394. The monoisotopic (exact) mass is 265 g/mol. The van der Waals surface area contributed by atoms with Crippen LogP contribution in [-0.2, 0) is 4.79 Å². The van der Waals surface area contributed by atoms with Crippen molar-refractivity contribution in [1.29, 1.82) is 0 Å². The number of carbonyl (C=O) groups excluding carboxylic acids is 1. The van der Waals surface area contributed by atoms with Crippen LogP contribution in [0.4, 0.5) is 5.69 Å². The SMILES string of the molecule is CCCCNC(=O)CNc1cccnc1OC(C)C. The number of nitrogens with one attached hydrogen (secondary N) is 2. The number of anilines is 1. The van der Waals surface area contributed by atoms with Crippen LogP contribution < -0.4 is 15.4 Å². The Morgan fingerprint density at radius 2 is 2.26 bits per heavy atom. The molecule has 0 fully saturated rings. The minimum atomic E-state index is -0.0206. The normalized spacial score (nSPS) is 10.3. The molecule has 0 unspecified atom stereocenters. The molecule has 0 aliphatic carbocycles. The van der Waals surface area contributed by atoms with Gasteiger partial charge in [0.25, 0.3) is 0 Å². The zero-order valence-corrected chi connectivity index (χ0v) is 11.9. The summed E-state index contributed by atoms with van der Waals surface area (Å²) in [6.45, 7) is 6.92. The Morgan fingerprint density at radius 1 is 1.47 bits per heavy atom. The Morgan fingerprint density at radius 3 is 2.95 bits per heavy atom. The van der Waals surface area contributed by atoms with Crippen molar-refractivity contribution in [2.24, 2.45) is 0 Å². The van der Waals surface area contributed by atoms with Gasteiger partial charge in [0.1, 0.15) is 0 Å². The number of hydrogen-bond donors (Lipinski definition) is 2. The first-order valence-corrected chi connectivity index (χ1v) is 6.75. The van der Waals surface area contributed by atoms with E-state index < -0.39 is 0 Å². The second-order valence-electron chi connectivity index (χ2n) is 4.58. The van der Waals surface area contributed by atoms with E-state index in [0.717, 1.165) is 25.1 Å². The summed E-state index contributed by atoms with van der Waals surface area (Å²) in [7, 11) is 0. The second-order valence-corrected chi connectivity index (χ2v) is 4.58. The van der Waals surface area contributed by atoms with Gasteiger partial charge in [-0.1, -0.05) is 13.3 Å². The highest BCUT2D eigenvalue weighted by Gasteiger charge is 2.07. The quantitative estimate of drug-likeness (QED) is 0.707. The van der Waals surface area contributed by atoms with E-state index in [9.17, 15) is 4.79 Å². The maximum absolute atomic E-state index is 11.6. The molecule has 0 aliphatic heterocycles.